The smallest absolute Gasteiger partial charge is 0.410 e. The molecule has 0 aliphatic rings. The topological polar surface area (TPSA) is 127 Å². The highest BCUT2D eigenvalue weighted by atomic mass is 19.1. The Bertz CT molecular complexity index is 1320. The maximum Gasteiger partial charge on any atom is 0.410 e. The molecular weight excluding hydrogens is 531 g/mol. The SMILES string of the molecule is CCCCOC(=O)N(Cc1cc(Nc2nc(Nc3cccc(OCC(=O)NC)c3)ncc2F)ccc1OC)C(C)C. The van der Waals surface area contributed by atoms with Gasteiger partial charge in [0.2, 0.25) is 5.95 Å². The average molecular weight is 569 g/mol. The summed E-state index contributed by atoms with van der Waals surface area (Å²) in [4.78, 5) is 34.1. The van der Waals surface area contributed by atoms with Gasteiger partial charge in [-0.05, 0) is 50.6 Å². The number of likely N-dealkylation sites (N-methyl/N-ethyl adjacent to an activating group) is 1. The van der Waals surface area contributed by atoms with Crippen LogP contribution >= 0.6 is 0 Å². The fraction of sp³-hybridized carbons (Fsp3) is 0.379. The van der Waals surface area contributed by atoms with E-state index >= 15 is 0 Å². The molecule has 1 aromatic heterocycles. The number of nitrogens with zero attached hydrogens (tertiary/aromatic N) is 3. The van der Waals surface area contributed by atoms with E-state index in [0.29, 0.717) is 35.0 Å². The molecule has 0 spiro atoms. The zero-order valence-corrected chi connectivity index (χ0v) is 24.0. The van der Waals surface area contributed by atoms with Crippen molar-refractivity contribution in [1.29, 1.82) is 0 Å². The number of hydrogen-bond donors (Lipinski definition) is 3. The molecule has 2 aromatic carbocycles. The zero-order valence-electron chi connectivity index (χ0n) is 24.0. The van der Waals surface area contributed by atoms with E-state index in [1.165, 1.54) is 7.05 Å². The molecule has 0 atom stereocenters. The first-order valence-corrected chi connectivity index (χ1v) is 13.3. The highest BCUT2D eigenvalue weighted by Gasteiger charge is 2.21. The van der Waals surface area contributed by atoms with Crippen LogP contribution in [0.15, 0.2) is 48.7 Å². The largest absolute Gasteiger partial charge is 0.496 e. The van der Waals surface area contributed by atoms with Crippen LogP contribution in [0.4, 0.5) is 32.3 Å². The number of aromatic nitrogens is 2. The highest BCUT2D eigenvalue weighted by Crippen LogP contribution is 2.28. The Morgan fingerprint density at radius 3 is 2.59 bits per heavy atom. The van der Waals surface area contributed by atoms with Crippen LogP contribution in [0.25, 0.3) is 0 Å². The van der Waals surface area contributed by atoms with Crippen LogP contribution in [0.5, 0.6) is 11.5 Å². The summed E-state index contributed by atoms with van der Waals surface area (Å²) >= 11 is 0. The van der Waals surface area contributed by atoms with Crippen LogP contribution in [-0.2, 0) is 16.1 Å². The number of nitrogens with one attached hydrogen (secondary N) is 3. The Morgan fingerprint density at radius 1 is 1.10 bits per heavy atom. The van der Waals surface area contributed by atoms with Gasteiger partial charge in [0.25, 0.3) is 5.91 Å². The summed E-state index contributed by atoms with van der Waals surface area (Å²) in [6, 6.07) is 12.0. The number of carbonyl (C=O) groups is 2. The maximum atomic E-state index is 14.7. The predicted octanol–water partition coefficient (Wildman–Crippen LogP) is 5.38. The van der Waals surface area contributed by atoms with Crippen molar-refractivity contribution in [2.45, 2.75) is 46.2 Å². The van der Waals surface area contributed by atoms with Gasteiger partial charge in [-0.1, -0.05) is 19.4 Å². The molecule has 0 saturated heterocycles. The van der Waals surface area contributed by atoms with Crippen molar-refractivity contribution in [1.82, 2.24) is 20.2 Å². The number of hydrogen-bond acceptors (Lipinski definition) is 9. The third kappa shape index (κ3) is 9.23. The lowest BCUT2D eigenvalue weighted by molar-refractivity contribution is -0.122. The van der Waals surface area contributed by atoms with Gasteiger partial charge >= 0.3 is 6.09 Å². The Morgan fingerprint density at radius 2 is 1.88 bits per heavy atom. The first-order chi connectivity index (χ1) is 19.7. The molecule has 0 saturated carbocycles. The quantitative estimate of drug-likeness (QED) is 0.220. The lowest BCUT2D eigenvalue weighted by Gasteiger charge is -2.27. The molecule has 1 heterocycles. The van der Waals surface area contributed by atoms with E-state index in [9.17, 15) is 14.0 Å². The van der Waals surface area contributed by atoms with Gasteiger partial charge in [-0.15, -0.1) is 0 Å². The normalized spacial score (nSPS) is 10.6. The van der Waals surface area contributed by atoms with Crippen LogP contribution in [0.1, 0.15) is 39.2 Å². The average Bonchev–Trinajstić information content (AvgIpc) is 2.96. The van der Waals surface area contributed by atoms with Crippen molar-refractivity contribution in [3.8, 4) is 11.5 Å². The van der Waals surface area contributed by atoms with E-state index in [-0.39, 0.29) is 36.9 Å². The number of unbranched alkanes of at least 4 members (excludes halogenated alkanes) is 1. The first kappa shape index (κ1) is 30.9. The zero-order chi connectivity index (χ0) is 29.8. The molecule has 12 heteroatoms. The maximum absolute atomic E-state index is 14.7. The summed E-state index contributed by atoms with van der Waals surface area (Å²) < 4.78 is 31.1. The third-order valence-corrected chi connectivity index (χ3v) is 5.95. The minimum absolute atomic E-state index is 0.0506. The molecule has 0 unspecified atom stereocenters. The van der Waals surface area contributed by atoms with Crippen molar-refractivity contribution < 1.29 is 28.2 Å². The fourth-order valence-electron chi connectivity index (χ4n) is 3.67. The second kappa shape index (κ2) is 15.2. The van der Waals surface area contributed by atoms with Crippen molar-refractivity contribution in [3.05, 3.63) is 60.0 Å². The number of ether oxygens (including phenoxy) is 3. The van der Waals surface area contributed by atoms with Gasteiger partial charge in [-0.2, -0.15) is 4.98 Å². The summed E-state index contributed by atoms with van der Waals surface area (Å²) in [7, 11) is 3.07. The van der Waals surface area contributed by atoms with E-state index < -0.39 is 11.9 Å². The van der Waals surface area contributed by atoms with E-state index in [1.54, 1.807) is 54.5 Å². The number of rotatable bonds is 14. The Hall–Kier alpha value is -4.61. The van der Waals surface area contributed by atoms with Gasteiger partial charge in [-0.3, -0.25) is 4.79 Å². The molecular formula is C29H37FN6O5. The van der Waals surface area contributed by atoms with Crippen molar-refractivity contribution in [2.24, 2.45) is 0 Å². The Balaban J connectivity index is 1.77. The van der Waals surface area contributed by atoms with E-state index in [1.807, 2.05) is 20.8 Å². The summed E-state index contributed by atoms with van der Waals surface area (Å²) in [5, 5.41) is 8.49. The van der Waals surface area contributed by atoms with Crippen LogP contribution in [0, 0.1) is 5.82 Å². The molecule has 0 aliphatic heterocycles. The number of halogens is 1. The standard InChI is InChI=1S/C29H37FN6O5/c1-6-7-13-40-29(38)36(19(2)3)17-20-14-22(11-12-25(20)39-5)33-27-24(30)16-32-28(35-27)34-21-9-8-10-23(15-21)41-18-26(37)31-4/h8-12,14-16,19H,6-7,13,17-18H2,1-5H3,(H,31,37)(H2,32,33,34,35). The van der Waals surface area contributed by atoms with Crippen LogP contribution < -0.4 is 25.4 Å². The van der Waals surface area contributed by atoms with Gasteiger partial charge in [0, 0.05) is 36.1 Å². The van der Waals surface area contributed by atoms with Gasteiger partial charge in [0.15, 0.2) is 18.2 Å². The minimum Gasteiger partial charge on any atom is -0.496 e. The highest BCUT2D eigenvalue weighted by molar-refractivity contribution is 5.77. The van der Waals surface area contributed by atoms with Gasteiger partial charge in [-0.25, -0.2) is 14.2 Å². The molecule has 0 bridgehead atoms. The second-order valence-corrected chi connectivity index (χ2v) is 9.35. The van der Waals surface area contributed by atoms with Gasteiger partial charge < -0.3 is 35.1 Å². The fourth-order valence-corrected chi connectivity index (χ4v) is 3.67. The second-order valence-electron chi connectivity index (χ2n) is 9.35. The minimum atomic E-state index is -0.654. The first-order valence-electron chi connectivity index (χ1n) is 13.3. The number of anilines is 4. The molecule has 0 aliphatic carbocycles. The molecule has 11 nitrogen and oxygen atoms in total. The summed E-state index contributed by atoms with van der Waals surface area (Å²) in [6.45, 7) is 6.31. The van der Waals surface area contributed by atoms with Crippen LogP contribution in [-0.4, -0.2) is 60.3 Å². The lowest BCUT2D eigenvalue weighted by atomic mass is 10.1. The van der Waals surface area contributed by atoms with Crippen LogP contribution in [0.2, 0.25) is 0 Å². The number of carbonyl (C=O) groups excluding carboxylic acids is 2. The summed E-state index contributed by atoms with van der Waals surface area (Å²) in [5.41, 5.74) is 1.83. The molecule has 3 aromatic rings. The van der Waals surface area contributed by atoms with Crippen molar-refractivity contribution in [2.75, 3.05) is 38.0 Å². The third-order valence-electron chi connectivity index (χ3n) is 5.95. The van der Waals surface area contributed by atoms with Crippen LogP contribution in [0.3, 0.4) is 0 Å². The molecule has 3 N–H and O–H groups in total. The molecule has 0 fully saturated rings. The molecule has 0 radical (unpaired) electrons. The summed E-state index contributed by atoms with van der Waals surface area (Å²) in [5.74, 6) is 0.226. The van der Waals surface area contributed by atoms with Crippen molar-refractivity contribution in [3.63, 3.8) is 0 Å². The number of amides is 2. The molecule has 3 rings (SSSR count). The Labute approximate surface area is 239 Å². The van der Waals surface area contributed by atoms with Crippen molar-refractivity contribution >= 4 is 35.1 Å². The van der Waals surface area contributed by atoms with E-state index in [0.717, 1.165) is 19.0 Å². The number of benzene rings is 2. The predicted molar refractivity (Wildman–Crippen MR) is 154 cm³/mol. The van der Waals surface area contributed by atoms with E-state index in [2.05, 4.69) is 25.9 Å². The molecule has 41 heavy (non-hydrogen) atoms. The summed E-state index contributed by atoms with van der Waals surface area (Å²) in [6.07, 6.45) is 2.36. The van der Waals surface area contributed by atoms with Gasteiger partial charge in [0.05, 0.1) is 26.5 Å². The van der Waals surface area contributed by atoms with E-state index in [4.69, 9.17) is 14.2 Å². The monoisotopic (exact) mass is 568 g/mol. The number of methoxy groups -OCH3 is 1. The molecule has 220 valence electrons. The van der Waals surface area contributed by atoms with Gasteiger partial charge in [0.1, 0.15) is 11.5 Å². The molecule has 2 amide bonds. The Kier molecular flexibility index (Phi) is 11.5. The lowest BCUT2D eigenvalue weighted by Crippen LogP contribution is -2.37.